The number of hydrogen-bond acceptors (Lipinski definition) is 6. The van der Waals surface area contributed by atoms with E-state index in [1.807, 2.05) is 31.3 Å². The molecule has 0 spiro atoms. The van der Waals surface area contributed by atoms with Crippen molar-refractivity contribution in [1.82, 2.24) is 19.7 Å². The molecule has 148 valence electrons. The second kappa shape index (κ2) is 8.04. The molecule has 2 aromatic heterocycles. The highest BCUT2D eigenvalue weighted by atomic mass is 19.1. The Kier molecular flexibility index (Phi) is 5.71. The average Bonchev–Trinajstić information content (AvgIpc) is 3.09. The molecular weight excluding hydrogens is 361 g/mol. The van der Waals surface area contributed by atoms with Gasteiger partial charge in [-0.3, -0.25) is 4.68 Å². The predicted octanol–water partition coefficient (Wildman–Crippen LogP) is 3.17. The largest absolute Gasteiger partial charge is 0.393 e. The molecular formula is C20H24FN5O2. The fourth-order valence-corrected chi connectivity index (χ4v) is 2.80. The summed E-state index contributed by atoms with van der Waals surface area (Å²) in [5.41, 5.74) is 2.67. The molecule has 0 aliphatic rings. The quantitative estimate of drug-likeness (QED) is 0.578. The first kappa shape index (κ1) is 19.9. The summed E-state index contributed by atoms with van der Waals surface area (Å²) in [6.45, 7) is 4.79. The van der Waals surface area contributed by atoms with Gasteiger partial charge in [0.2, 0.25) is 5.95 Å². The monoisotopic (exact) mass is 385 g/mol. The molecule has 1 aromatic carbocycles. The van der Waals surface area contributed by atoms with E-state index in [1.165, 1.54) is 13.1 Å². The van der Waals surface area contributed by atoms with Crippen LogP contribution >= 0.6 is 0 Å². The molecule has 28 heavy (non-hydrogen) atoms. The molecule has 2 atom stereocenters. The van der Waals surface area contributed by atoms with Gasteiger partial charge in [0.05, 0.1) is 25.0 Å². The first-order chi connectivity index (χ1) is 13.3. The fraction of sp³-hybridized carbons (Fsp3) is 0.350. The number of nitrogens with zero attached hydrogens (tertiary/aromatic N) is 4. The molecule has 3 rings (SSSR count). The Bertz CT molecular complexity index is 955. The predicted molar refractivity (Wildman–Crippen MR) is 105 cm³/mol. The topological polar surface area (TPSA) is 96.1 Å². The average molecular weight is 385 g/mol. The van der Waals surface area contributed by atoms with Gasteiger partial charge in [0.25, 0.3) is 0 Å². The van der Waals surface area contributed by atoms with Crippen molar-refractivity contribution in [3.8, 4) is 11.1 Å². The first-order valence-corrected chi connectivity index (χ1v) is 8.97. The zero-order valence-electron chi connectivity index (χ0n) is 16.1. The smallest absolute Gasteiger partial charge is 0.227 e. The number of rotatable bonds is 7. The number of anilines is 2. The van der Waals surface area contributed by atoms with Gasteiger partial charge < -0.3 is 15.5 Å². The number of halogens is 1. The molecule has 0 radical (unpaired) electrons. The summed E-state index contributed by atoms with van der Waals surface area (Å²) in [5.74, 6) is 0.327. The van der Waals surface area contributed by atoms with Gasteiger partial charge in [-0.25, -0.2) is 14.4 Å². The van der Waals surface area contributed by atoms with Crippen molar-refractivity contribution in [2.24, 2.45) is 0 Å². The van der Waals surface area contributed by atoms with E-state index in [0.29, 0.717) is 11.6 Å². The van der Waals surface area contributed by atoms with Gasteiger partial charge in [-0.05, 0) is 50.1 Å². The summed E-state index contributed by atoms with van der Waals surface area (Å²) in [7, 11) is 0. The van der Waals surface area contributed by atoms with Crippen LogP contribution in [0.1, 0.15) is 31.3 Å². The zero-order valence-corrected chi connectivity index (χ0v) is 16.1. The highest BCUT2D eigenvalue weighted by Crippen LogP contribution is 2.26. The third-order valence-electron chi connectivity index (χ3n) is 4.23. The van der Waals surface area contributed by atoms with Crippen molar-refractivity contribution in [3.63, 3.8) is 0 Å². The third-order valence-corrected chi connectivity index (χ3v) is 4.23. The number of hydrogen-bond donors (Lipinski definition) is 3. The van der Waals surface area contributed by atoms with Crippen LogP contribution in [-0.2, 0) is 6.54 Å². The van der Waals surface area contributed by atoms with Crippen LogP contribution in [0.3, 0.4) is 0 Å². The maximum atomic E-state index is 13.5. The van der Waals surface area contributed by atoms with Crippen LogP contribution in [0.4, 0.5) is 16.0 Å². The van der Waals surface area contributed by atoms with Crippen molar-refractivity contribution >= 4 is 11.6 Å². The summed E-state index contributed by atoms with van der Waals surface area (Å²) < 4.78 is 15.1. The lowest BCUT2D eigenvalue weighted by molar-refractivity contribution is -0.0145. The maximum Gasteiger partial charge on any atom is 0.227 e. The van der Waals surface area contributed by atoms with Crippen molar-refractivity contribution in [3.05, 3.63) is 54.1 Å². The minimum Gasteiger partial charge on any atom is -0.393 e. The summed E-state index contributed by atoms with van der Waals surface area (Å²) in [6, 6.07) is 7.43. The van der Waals surface area contributed by atoms with E-state index < -0.39 is 11.8 Å². The fourth-order valence-electron chi connectivity index (χ4n) is 2.80. The summed E-state index contributed by atoms with van der Waals surface area (Å²) in [6.07, 6.45) is 3.87. The molecule has 0 fully saturated rings. The van der Waals surface area contributed by atoms with Crippen molar-refractivity contribution in [2.75, 3.05) is 11.9 Å². The molecule has 2 heterocycles. The van der Waals surface area contributed by atoms with Crippen molar-refractivity contribution in [2.45, 2.75) is 39.1 Å². The number of nitrogens with one attached hydrogen (secondary N) is 1. The van der Waals surface area contributed by atoms with Gasteiger partial charge in [-0.1, -0.05) is 6.07 Å². The van der Waals surface area contributed by atoms with Crippen LogP contribution < -0.4 is 5.32 Å². The van der Waals surface area contributed by atoms with Gasteiger partial charge >= 0.3 is 0 Å². The number of aliphatic hydroxyl groups is 2. The van der Waals surface area contributed by atoms with Crippen LogP contribution in [0.2, 0.25) is 0 Å². The second-order valence-electron chi connectivity index (χ2n) is 7.22. The van der Waals surface area contributed by atoms with Crippen LogP contribution in [0.15, 0.2) is 42.9 Å². The van der Waals surface area contributed by atoms with Crippen molar-refractivity contribution < 1.29 is 14.6 Å². The Labute approximate surface area is 162 Å². The Hall–Kier alpha value is -2.84. The van der Waals surface area contributed by atoms with E-state index in [4.69, 9.17) is 0 Å². The SMILES string of the molecule is Cc1cc(Nc2nccc(C(C)F)n2)cc(-c2cnn(CC(C)(O)CO)c2)c1. The molecule has 0 aliphatic carbocycles. The molecule has 0 bridgehead atoms. The first-order valence-electron chi connectivity index (χ1n) is 8.97. The number of aromatic nitrogens is 4. The normalized spacial score (nSPS) is 14.5. The molecule has 7 nitrogen and oxygen atoms in total. The summed E-state index contributed by atoms with van der Waals surface area (Å²) in [5, 5.41) is 26.6. The molecule has 2 unspecified atom stereocenters. The third kappa shape index (κ3) is 4.90. The van der Waals surface area contributed by atoms with Crippen LogP contribution in [-0.4, -0.2) is 42.2 Å². The second-order valence-corrected chi connectivity index (χ2v) is 7.22. The zero-order chi connectivity index (χ0) is 20.3. The molecule has 3 aromatic rings. The van der Waals surface area contributed by atoms with Gasteiger partial charge in [0, 0.05) is 23.6 Å². The van der Waals surface area contributed by atoms with Gasteiger partial charge in [0.15, 0.2) is 0 Å². The summed E-state index contributed by atoms with van der Waals surface area (Å²) >= 11 is 0. The van der Waals surface area contributed by atoms with Crippen molar-refractivity contribution in [1.29, 1.82) is 0 Å². The Balaban J connectivity index is 1.84. The van der Waals surface area contributed by atoms with Crippen LogP contribution in [0.5, 0.6) is 0 Å². The summed E-state index contributed by atoms with van der Waals surface area (Å²) in [4.78, 5) is 8.33. The van der Waals surface area contributed by atoms with E-state index >= 15 is 0 Å². The lowest BCUT2D eigenvalue weighted by atomic mass is 10.1. The van der Waals surface area contributed by atoms with Gasteiger partial charge in [-0.2, -0.15) is 5.10 Å². The van der Waals surface area contributed by atoms with E-state index in [0.717, 1.165) is 22.4 Å². The minimum atomic E-state index is -1.24. The maximum absolute atomic E-state index is 13.5. The lowest BCUT2D eigenvalue weighted by Crippen LogP contribution is -2.34. The number of alkyl halides is 1. The Morgan fingerprint density at radius 3 is 2.79 bits per heavy atom. The molecule has 0 amide bonds. The van der Waals surface area contributed by atoms with Crippen LogP contribution in [0.25, 0.3) is 11.1 Å². The standard InChI is InChI=1S/C20H24FN5O2/c1-13-6-15(16-9-23-26(10-16)11-20(3,28)12-27)8-17(7-13)24-19-22-5-4-18(25-19)14(2)21/h4-10,14,27-28H,11-12H2,1-3H3,(H,22,24,25). The Morgan fingerprint density at radius 2 is 2.07 bits per heavy atom. The van der Waals surface area contributed by atoms with E-state index in [9.17, 15) is 14.6 Å². The molecule has 0 saturated heterocycles. The van der Waals surface area contributed by atoms with E-state index in [1.54, 1.807) is 23.9 Å². The lowest BCUT2D eigenvalue weighted by Gasteiger charge is -2.19. The minimum absolute atomic E-state index is 0.183. The van der Waals surface area contributed by atoms with Crippen LogP contribution in [0, 0.1) is 6.92 Å². The van der Waals surface area contributed by atoms with E-state index in [2.05, 4.69) is 20.4 Å². The highest BCUT2D eigenvalue weighted by molar-refractivity contribution is 5.70. The number of aliphatic hydroxyl groups excluding tert-OH is 1. The molecule has 0 aliphatic heterocycles. The van der Waals surface area contributed by atoms with Gasteiger partial charge in [-0.15, -0.1) is 0 Å². The van der Waals surface area contributed by atoms with E-state index in [-0.39, 0.29) is 13.2 Å². The molecule has 8 heteroatoms. The molecule has 3 N–H and O–H groups in total. The molecule has 0 saturated carbocycles. The number of benzene rings is 1. The Morgan fingerprint density at radius 1 is 1.29 bits per heavy atom. The highest BCUT2D eigenvalue weighted by Gasteiger charge is 2.20. The van der Waals surface area contributed by atoms with Gasteiger partial charge in [0.1, 0.15) is 11.8 Å². The number of aryl methyl sites for hydroxylation is 1.